The second-order valence-electron chi connectivity index (χ2n) is 8.75. The van der Waals surface area contributed by atoms with Gasteiger partial charge in [0.2, 0.25) is 5.95 Å². The van der Waals surface area contributed by atoms with Gasteiger partial charge in [0.15, 0.2) is 0 Å². The molecule has 2 fully saturated rings. The van der Waals surface area contributed by atoms with Gasteiger partial charge in [0.1, 0.15) is 11.5 Å². The molecule has 3 aromatic heterocycles. The standard InChI is InChI=1S/C23H24ClN7O.ClH/c1-26-17-8-4-11-3-6-13(19(24)20(11)28-17)14-10-27-21-18(14)22(32)30(2)23(29-21)31-12-5-7-16(31)15(25)9-12;/h3-4,6,8,10,12,15-16,27H,5,7,9,25H2,1-2H3,(H,26,28);1H/t12-,15+,16+;/m0./s1. The molecule has 0 spiro atoms. The summed E-state index contributed by atoms with van der Waals surface area (Å²) < 4.78 is 1.65. The number of nitrogens with one attached hydrogen (secondary N) is 2. The van der Waals surface area contributed by atoms with Crippen molar-refractivity contribution in [3.8, 4) is 11.1 Å². The van der Waals surface area contributed by atoms with E-state index in [2.05, 4.69) is 20.2 Å². The minimum atomic E-state index is -0.103. The number of nitrogens with zero attached hydrogens (tertiary/aromatic N) is 4. The van der Waals surface area contributed by atoms with E-state index in [4.69, 9.17) is 22.3 Å². The number of pyridine rings is 1. The van der Waals surface area contributed by atoms with Crippen LogP contribution in [0, 0.1) is 0 Å². The molecule has 33 heavy (non-hydrogen) atoms. The van der Waals surface area contributed by atoms with Gasteiger partial charge >= 0.3 is 0 Å². The third kappa shape index (κ3) is 3.12. The van der Waals surface area contributed by atoms with Crippen molar-refractivity contribution in [1.82, 2.24) is 19.5 Å². The first-order chi connectivity index (χ1) is 15.5. The lowest BCUT2D eigenvalue weighted by Crippen LogP contribution is -2.40. The second-order valence-corrected chi connectivity index (χ2v) is 9.13. The Kier molecular flexibility index (Phi) is 5.27. The maximum atomic E-state index is 13.5. The molecule has 5 heterocycles. The summed E-state index contributed by atoms with van der Waals surface area (Å²) in [5.74, 6) is 1.41. The van der Waals surface area contributed by atoms with Gasteiger partial charge in [0.25, 0.3) is 5.56 Å². The second kappa shape index (κ2) is 7.90. The quantitative estimate of drug-likeness (QED) is 0.408. The number of aromatic amines is 1. The van der Waals surface area contributed by atoms with Crippen molar-refractivity contribution in [2.75, 3.05) is 17.3 Å². The highest BCUT2D eigenvalue weighted by Crippen LogP contribution is 2.40. The van der Waals surface area contributed by atoms with Gasteiger partial charge in [0.05, 0.1) is 15.9 Å². The van der Waals surface area contributed by atoms with Gasteiger partial charge in [-0.1, -0.05) is 23.7 Å². The van der Waals surface area contributed by atoms with Gasteiger partial charge in [-0.3, -0.25) is 9.36 Å². The van der Waals surface area contributed by atoms with E-state index in [1.807, 2.05) is 37.5 Å². The molecule has 2 aliphatic heterocycles. The molecular formula is C23H25Cl2N7O. The number of H-pyrrole nitrogens is 1. The third-order valence-electron chi connectivity index (χ3n) is 7.05. The summed E-state index contributed by atoms with van der Waals surface area (Å²) in [5.41, 5.74) is 8.95. The Morgan fingerprint density at radius 3 is 2.67 bits per heavy atom. The number of halogens is 2. The molecule has 0 amide bonds. The fourth-order valence-electron chi connectivity index (χ4n) is 5.44. The summed E-state index contributed by atoms with van der Waals surface area (Å²) in [6.07, 6.45) is 4.89. The molecule has 0 unspecified atom stereocenters. The highest BCUT2D eigenvalue weighted by molar-refractivity contribution is 6.38. The number of benzene rings is 1. The molecule has 0 aliphatic carbocycles. The molecule has 172 valence electrons. The lowest BCUT2D eigenvalue weighted by molar-refractivity contribution is 0.503. The first kappa shape index (κ1) is 22.0. The average molecular weight is 486 g/mol. The van der Waals surface area contributed by atoms with Gasteiger partial charge in [-0.25, -0.2) is 4.98 Å². The highest BCUT2D eigenvalue weighted by atomic mass is 35.5. The van der Waals surface area contributed by atoms with Crippen LogP contribution in [0.1, 0.15) is 19.3 Å². The van der Waals surface area contributed by atoms with Crippen LogP contribution in [0.4, 0.5) is 11.8 Å². The summed E-state index contributed by atoms with van der Waals surface area (Å²) in [6.45, 7) is 0. The van der Waals surface area contributed by atoms with E-state index in [0.29, 0.717) is 33.6 Å². The predicted molar refractivity (Wildman–Crippen MR) is 136 cm³/mol. The van der Waals surface area contributed by atoms with Crippen molar-refractivity contribution in [2.45, 2.75) is 37.4 Å². The molecule has 1 aromatic carbocycles. The van der Waals surface area contributed by atoms with Crippen LogP contribution >= 0.6 is 24.0 Å². The number of nitrogens with two attached hydrogens (primary N) is 1. The normalized spacial score (nSPS) is 21.7. The minimum absolute atomic E-state index is 0. The van der Waals surface area contributed by atoms with Crippen molar-refractivity contribution >= 4 is 57.7 Å². The topological polar surface area (TPSA) is 105 Å². The van der Waals surface area contributed by atoms with Gasteiger partial charge < -0.3 is 20.9 Å². The van der Waals surface area contributed by atoms with Crippen LogP contribution in [0.25, 0.3) is 33.1 Å². The van der Waals surface area contributed by atoms with E-state index in [0.717, 1.165) is 41.6 Å². The fraction of sp³-hybridized carbons (Fsp3) is 0.348. The van der Waals surface area contributed by atoms with Crippen LogP contribution in [0.5, 0.6) is 0 Å². The SMILES string of the molecule is CNc1ccc2ccc(-c3c[nH]c4nc(N5[C@H]6CC[C@@H]5[C@H](N)C6)n(C)c(=O)c34)c(Cl)c2n1.Cl. The van der Waals surface area contributed by atoms with Crippen molar-refractivity contribution in [2.24, 2.45) is 12.8 Å². The molecule has 0 saturated carbocycles. The Hall–Kier alpha value is -2.81. The molecular weight excluding hydrogens is 461 g/mol. The Morgan fingerprint density at radius 1 is 1.18 bits per heavy atom. The number of anilines is 2. The Labute approximate surface area is 201 Å². The van der Waals surface area contributed by atoms with Crippen LogP contribution in [-0.2, 0) is 7.05 Å². The zero-order valence-corrected chi connectivity index (χ0v) is 19.9. The Balaban J connectivity index is 0.00000228. The summed E-state index contributed by atoms with van der Waals surface area (Å²) in [6, 6.07) is 8.50. The van der Waals surface area contributed by atoms with Gasteiger partial charge in [-0.05, 0) is 31.4 Å². The highest BCUT2D eigenvalue weighted by Gasteiger charge is 2.46. The average Bonchev–Trinajstić information content (AvgIpc) is 3.48. The van der Waals surface area contributed by atoms with E-state index in [9.17, 15) is 4.79 Å². The number of aromatic nitrogens is 4. The van der Waals surface area contributed by atoms with E-state index < -0.39 is 0 Å². The number of hydrogen-bond donors (Lipinski definition) is 3. The van der Waals surface area contributed by atoms with Crippen molar-refractivity contribution in [3.63, 3.8) is 0 Å². The molecule has 2 saturated heterocycles. The van der Waals surface area contributed by atoms with Gasteiger partial charge in [-0.15, -0.1) is 12.4 Å². The molecule has 6 rings (SSSR count). The number of rotatable bonds is 3. The smallest absolute Gasteiger partial charge is 0.264 e. The number of fused-ring (bicyclic) bond motifs is 4. The first-order valence-corrected chi connectivity index (χ1v) is 11.2. The molecule has 2 bridgehead atoms. The van der Waals surface area contributed by atoms with Crippen LogP contribution < -0.4 is 21.5 Å². The Morgan fingerprint density at radius 2 is 1.97 bits per heavy atom. The lowest BCUT2D eigenvalue weighted by Gasteiger charge is -2.25. The summed E-state index contributed by atoms with van der Waals surface area (Å²) in [4.78, 5) is 28.5. The Bertz CT molecular complexity index is 1450. The van der Waals surface area contributed by atoms with Gasteiger partial charge in [-0.2, -0.15) is 4.98 Å². The lowest BCUT2D eigenvalue weighted by atomic mass is 9.97. The summed E-state index contributed by atoms with van der Waals surface area (Å²) in [5, 5.41) is 5.01. The summed E-state index contributed by atoms with van der Waals surface area (Å²) in [7, 11) is 3.60. The van der Waals surface area contributed by atoms with Crippen LogP contribution in [-0.4, -0.2) is 44.7 Å². The van der Waals surface area contributed by atoms with E-state index in [-0.39, 0.29) is 30.0 Å². The zero-order valence-electron chi connectivity index (χ0n) is 18.3. The van der Waals surface area contributed by atoms with Crippen molar-refractivity contribution in [3.05, 3.63) is 45.8 Å². The van der Waals surface area contributed by atoms with E-state index in [1.165, 1.54) is 0 Å². The largest absolute Gasteiger partial charge is 0.373 e. The van der Waals surface area contributed by atoms with Crippen molar-refractivity contribution in [1.29, 1.82) is 0 Å². The molecule has 3 atom stereocenters. The molecule has 8 nitrogen and oxygen atoms in total. The monoisotopic (exact) mass is 485 g/mol. The molecule has 2 aliphatic rings. The maximum absolute atomic E-state index is 13.5. The van der Waals surface area contributed by atoms with Crippen LogP contribution in [0.15, 0.2) is 35.3 Å². The maximum Gasteiger partial charge on any atom is 0.264 e. The van der Waals surface area contributed by atoms with E-state index in [1.54, 1.807) is 11.6 Å². The fourth-order valence-corrected chi connectivity index (χ4v) is 5.76. The first-order valence-electron chi connectivity index (χ1n) is 10.9. The molecule has 4 N–H and O–H groups in total. The zero-order chi connectivity index (χ0) is 22.1. The third-order valence-corrected chi connectivity index (χ3v) is 7.43. The van der Waals surface area contributed by atoms with Crippen LogP contribution in [0.2, 0.25) is 5.02 Å². The summed E-state index contributed by atoms with van der Waals surface area (Å²) >= 11 is 6.80. The van der Waals surface area contributed by atoms with Crippen LogP contribution in [0.3, 0.4) is 0 Å². The predicted octanol–water partition coefficient (Wildman–Crippen LogP) is 3.66. The van der Waals surface area contributed by atoms with E-state index >= 15 is 0 Å². The minimum Gasteiger partial charge on any atom is -0.373 e. The molecule has 0 radical (unpaired) electrons. The van der Waals surface area contributed by atoms with Crippen molar-refractivity contribution < 1.29 is 0 Å². The molecule has 10 heteroatoms. The number of hydrogen-bond acceptors (Lipinski definition) is 6. The van der Waals surface area contributed by atoms with Gasteiger partial charge in [0, 0.05) is 54.9 Å². The molecule has 4 aromatic rings.